The van der Waals surface area contributed by atoms with Crippen LogP contribution in [0.4, 0.5) is 0 Å². The van der Waals surface area contributed by atoms with Gasteiger partial charge in [0.15, 0.2) is 0 Å². The van der Waals surface area contributed by atoms with Gasteiger partial charge in [-0.25, -0.2) is 4.79 Å². The molecule has 0 aromatic rings. The number of hydrogen-bond donors (Lipinski definition) is 1. The largest absolute Gasteiger partial charge is 0.461 e. The summed E-state index contributed by atoms with van der Waals surface area (Å²) in [5.74, 6) is -0.404. The molecule has 0 rings (SSSR count). The summed E-state index contributed by atoms with van der Waals surface area (Å²) < 4.78 is 4.71. The summed E-state index contributed by atoms with van der Waals surface area (Å²) in [4.78, 5) is 11.3. The summed E-state index contributed by atoms with van der Waals surface area (Å²) >= 11 is 4.89. The summed E-state index contributed by atoms with van der Waals surface area (Å²) in [5, 5.41) is 2.93. The van der Waals surface area contributed by atoms with Crippen LogP contribution < -0.4 is 5.32 Å². The van der Waals surface area contributed by atoms with Crippen LogP contribution >= 0.6 is 12.2 Å². The minimum absolute atomic E-state index is 0.324. The van der Waals surface area contributed by atoms with E-state index in [0.717, 1.165) is 17.5 Å². The first kappa shape index (κ1) is 11.1. The lowest BCUT2D eigenvalue weighted by Crippen LogP contribution is -2.25. The predicted octanol–water partition coefficient (Wildman–Crippen LogP) is 1.04. The van der Waals surface area contributed by atoms with Crippen molar-refractivity contribution in [2.45, 2.75) is 13.3 Å². The van der Waals surface area contributed by atoms with E-state index in [1.807, 2.05) is 6.92 Å². The van der Waals surface area contributed by atoms with Crippen molar-refractivity contribution >= 4 is 23.2 Å². The van der Waals surface area contributed by atoms with Crippen molar-refractivity contribution in [2.75, 3.05) is 13.2 Å². The molecule has 0 aromatic carbocycles. The maximum atomic E-state index is 10.5. The Morgan fingerprint density at radius 1 is 1.75 bits per heavy atom. The van der Waals surface area contributed by atoms with Gasteiger partial charge in [-0.3, -0.25) is 0 Å². The van der Waals surface area contributed by atoms with E-state index in [1.54, 1.807) is 0 Å². The van der Waals surface area contributed by atoms with Crippen LogP contribution in [0.15, 0.2) is 12.7 Å². The molecule has 0 aliphatic rings. The van der Waals surface area contributed by atoms with Crippen LogP contribution in [-0.4, -0.2) is 24.1 Å². The number of esters is 1. The second-order valence-corrected chi connectivity index (χ2v) is 2.57. The smallest absolute Gasteiger partial charge is 0.330 e. The maximum Gasteiger partial charge on any atom is 0.330 e. The van der Waals surface area contributed by atoms with Gasteiger partial charge < -0.3 is 10.1 Å². The SMILES string of the molecule is C=CC(=O)OCCNC(=S)CC. The third-order valence-corrected chi connectivity index (χ3v) is 1.59. The zero-order chi connectivity index (χ0) is 9.40. The van der Waals surface area contributed by atoms with Gasteiger partial charge in [0.1, 0.15) is 6.61 Å². The Kier molecular flexibility index (Phi) is 6.28. The molecule has 12 heavy (non-hydrogen) atoms. The van der Waals surface area contributed by atoms with E-state index in [1.165, 1.54) is 0 Å². The molecule has 0 amide bonds. The molecule has 0 heterocycles. The fourth-order valence-corrected chi connectivity index (χ4v) is 0.628. The third-order valence-electron chi connectivity index (χ3n) is 1.16. The molecule has 0 spiro atoms. The molecule has 1 N–H and O–H groups in total. The fourth-order valence-electron chi connectivity index (χ4n) is 0.526. The lowest BCUT2D eigenvalue weighted by atomic mass is 10.5. The van der Waals surface area contributed by atoms with Crippen LogP contribution in [0.25, 0.3) is 0 Å². The number of nitrogens with one attached hydrogen (secondary N) is 1. The third kappa shape index (κ3) is 5.85. The first-order valence-electron chi connectivity index (χ1n) is 3.76. The molecule has 0 saturated carbocycles. The Labute approximate surface area is 77.8 Å². The molecule has 0 aliphatic carbocycles. The van der Waals surface area contributed by atoms with Crippen molar-refractivity contribution in [2.24, 2.45) is 0 Å². The fraction of sp³-hybridized carbons (Fsp3) is 0.500. The number of carbonyl (C=O) groups excluding carboxylic acids is 1. The second kappa shape index (κ2) is 6.79. The van der Waals surface area contributed by atoms with E-state index in [-0.39, 0.29) is 0 Å². The van der Waals surface area contributed by atoms with Crippen molar-refractivity contribution < 1.29 is 9.53 Å². The Hall–Kier alpha value is -0.900. The maximum absolute atomic E-state index is 10.5. The summed E-state index contributed by atoms with van der Waals surface area (Å²) in [6.45, 7) is 6.12. The molecule has 0 saturated heterocycles. The van der Waals surface area contributed by atoms with Crippen LogP contribution in [0, 0.1) is 0 Å². The monoisotopic (exact) mass is 187 g/mol. The Bertz CT molecular complexity index is 180. The molecule has 0 atom stereocenters. The van der Waals surface area contributed by atoms with Gasteiger partial charge in [-0.1, -0.05) is 25.7 Å². The van der Waals surface area contributed by atoms with Crippen LogP contribution in [0.1, 0.15) is 13.3 Å². The van der Waals surface area contributed by atoms with Crippen molar-refractivity contribution in [3.63, 3.8) is 0 Å². The van der Waals surface area contributed by atoms with E-state index >= 15 is 0 Å². The average molecular weight is 187 g/mol. The molecular formula is C8H13NO2S. The van der Waals surface area contributed by atoms with Crippen molar-refractivity contribution in [3.8, 4) is 0 Å². The molecule has 0 fully saturated rings. The lowest BCUT2D eigenvalue weighted by molar-refractivity contribution is -0.137. The minimum atomic E-state index is -0.404. The first-order valence-corrected chi connectivity index (χ1v) is 4.17. The van der Waals surface area contributed by atoms with Gasteiger partial charge in [-0.15, -0.1) is 0 Å². The van der Waals surface area contributed by atoms with E-state index in [0.29, 0.717) is 13.2 Å². The number of ether oxygens (including phenoxy) is 1. The van der Waals surface area contributed by atoms with E-state index in [2.05, 4.69) is 11.9 Å². The molecule has 0 unspecified atom stereocenters. The summed E-state index contributed by atoms with van der Waals surface area (Å²) in [6, 6.07) is 0. The molecule has 0 aliphatic heterocycles. The molecule has 0 radical (unpaired) electrons. The van der Waals surface area contributed by atoms with Crippen LogP contribution in [0.5, 0.6) is 0 Å². The van der Waals surface area contributed by atoms with Gasteiger partial charge in [-0.2, -0.15) is 0 Å². The highest BCUT2D eigenvalue weighted by Crippen LogP contribution is 1.81. The molecule has 0 bridgehead atoms. The standard InChI is InChI=1S/C8H13NO2S/c1-3-7(12)9-5-6-11-8(10)4-2/h4H,2-3,5-6H2,1H3,(H,9,12). The quantitative estimate of drug-likeness (QED) is 0.302. The number of hydrogen-bond acceptors (Lipinski definition) is 3. The van der Waals surface area contributed by atoms with E-state index < -0.39 is 5.97 Å². The zero-order valence-electron chi connectivity index (χ0n) is 7.13. The molecule has 68 valence electrons. The van der Waals surface area contributed by atoms with Crippen LogP contribution in [0.2, 0.25) is 0 Å². The van der Waals surface area contributed by atoms with Crippen molar-refractivity contribution in [1.82, 2.24) is 5.32 Å². The summed E-state index contributed by atoms with van der Waals surface area (Å²) in [5.41, 5.74) is 0. The molecule has 0 aromatic heterocycles. The number of thiocarbonyl (C=S) groups is 1. The second-order valence-electron chi connectivity index (χ2n) is 2.08. The normalized spacial score (nSPS) is 8.75. The minimum Gasteiger partial charge on any atom is -0.461 e. The topological polar surface area (TPSA) is 38.3 Å². The molecule has 3 nitrogen and oxygen atoms in total. The average Bonchev–Trinajstić information content (AvgIpc) is 2.11. The van der Waals surface area contributed by atoms with Crippen LogP contribution in [-0.2, 0) is 9.53 Å². The zero-order valence-corrected chi connectivity index (χ0v) is 7.95. The predicted molar refractivity (Wildman–Crippen MR) is 52.0 cm³/mol. The van der Waals surface area contributed by atoms with Gasteiger partial charge >= 0.3 is 5.97 Å². The van der Waals surface area contributed by atoms with Crippen molar-refractivity contribution in [3.05, 3.63) is 12.7 Å². The Balaban J connectivity index is 3.27. The summed E-state index contributed by atoms with van der Waals surface area (Å²) in [6.07, 6.45) is 1.95. The number of rotatable bonds is 5. The summed E-state index contributed by atoms with van der Waals surface area (Å²) in [7, 11) is 0. The van der Waals surface area contributed by atoms with Gasteiger partial charge in [0.2, 0.25) is 0 Å². The lowest BCUT2D eigenvalue weighted by Gasteiger charge is -2.05. The van der Waals surface area contributed by atoms with Gasteiger partial charge in [-0.05, 0) is 6.42 Å². The highest BCUT2D eigenvalue weighted by molar-refractivity contribution is 7.80. The Morgan fingerprint density at radius 3 is 2.92 bits per heavy atom. The molecular weight excluding hydrogens is 174 g/mol. The van der Waals surface area contributed by atoms with Crippen LogP contribution in [0.3, 0.4) is 0 Å². The molecule has 4 heteroatoms. The van der Waals surface area contributed by atoms with Gasteiger partial charge in [0.25, 0.3) is 0 Å². The highest BCUT2D eigenvalue weighted by atomic mass is 32.1. The van der Waals surface area contributed by atoms with Crippen molar-refractivity contribution in [1.29, 1.82) is 0 Å². The Morgan fingerprint density at radius 2 is 2.42 bits per heavy atom. The van der Waals surface area contributed by atoms with E-state index in [9.17, 15) is 4.79 Å². The van der Waals surface area contributed by atoms with Gasteiger partial charge in [0.05, 0.1) is 4.99 Å². The van der Waals surface area contributed by atoms with Gasteiger partial charge in [0, 0.05) is 12.6 Å². The first-order chi connectivity index (χ1) is 5.70. The van der Waals surface area contributed by atoms with E-state index in [4.69, 9.17) is 17.0 Å². The number of carbonyl (C=O) groups is 1. The highest BCUT2D eigenvalue weighted by Gasteiger charge is 1.94.